The summed E-state index contributed by atoms with van der Waals surface area (Å²) in [5.41, 5.74) is 4.87. The third-order valence-electron chi connectivity index (χ3n) is 4.64. The topological polar surface area (TPSA) is 65.2 Å². The molecule has 24 heavy (non-hydrogen) atoms. The van der Waals surface area contributed by atoms with Gasteiger partial charge in [-0.1, -0.05) is 26.0 Å². The molecule has 5 nitrogen and oxygen atoms in total. The minimum Gasteiger partial charge on any atom is -0.463 e. The lowest BCUT2D eigenvalue weighted by Crippen LogP contribution is -2.27. The number of rotatable bonds is 1. The normalized spacial score (nSPS) is 15.0. The Bertz CT molecular complexity index is 986. The second kappa shape index (κ2) is 4.90. The molecule has 1 aliphatic carbocycles. The lowest BCUT2D eigenvalue weighted by atomic mass is 9.76. The Morgan fingerprint density at radius 3 is 2.54 bits per heavy atom. The smallest absolute Gasteiger partial charge is 0.374 e. The first kappa shape index (κ1) is 14.9. The van der Waals surface area contributed by atoms with Crippen LogP contribution in [0.1, 0.15) is 41.4 Å². The average molecular weight is 322 g/mol. The summed E-state index contributed by atoms with van der Waals surface area (Å²) in [6, 6.07) is 7.82. The molecule has 0 aliphatic heterocycles. The highest BCUT2D eigenvalue weighted by Crippen LogP contribution is 2.45. The van der Waals surface area contributed by atoms with Crippen LogP contribution in [0.5, 0.6) is 0 Å². The summed E-state index contributed by atoms with van der Waals surface area (Å²) in [5, 5.41) is 0. The molecule has 0 amide bonds. The van der Waals surface area contributed by atoms with Crippen molar-refractivity contribution in [1.82, 2.24) is 9.97 Å². The number of fused-ring (bicyclic) bond motifs is 4. The van der Waals surface area contributed by atoms with Gasteiger partial charge in [0.25, 0.3) is 0 Å². The number of carbonyl (C=O) groups is 1. The summed E-state index contributed by atoms with van der Waals surface area (Å²) < 4.78 is 10.7. The van der Waals surface area contributed by atoms with Crippen LogP contribution in [0.15, 0.2) is 28.7 Å². The minimum atomic E-state index is -0.463. The molecule has 0 bridgehead atoms. The zero-order chi connectivity index (χ0) is 17.1. The van der Waals surface area contributed by atoms with E-state index in [1.165, 1.54) is 7.11 Å². The van der Waals surface area contributed by atoms with Crippen molar-refractivity contribution in [1.29, 1.82) is 0 Å². The van der Waals surface area contributed by atoms with Gasteiger partial charge in [0, 0.05) is 23.0 Å². The van der Waals surface area contributed by atoms with E-state index in [2.05, 4.69) is 13.8 Å². The zero-order valence-electron chi connectivity index (χ0n) is 14.1. The molecule has 2 heterocycles. The van der Waals surface area contributed by atoms with Gasteiger partial charge in [-0.25, -0.2) is 14.8 Å². The van der Waals surface area contributed by atoms with E-state index in [0.29, 0.717) is 6.42 Å². The van der Waals surface area contributed by atoms with Crippen molar-refractivity contribution in [3.05, 3.63) is 47.0 Å². The van der Waals surface area contributed by atoms with Gasteiger partial charge < -0.3 is 9.15 Å². The van der Waals surface area contributed by atoms with Crippen molar-refractivity contribution in [2.45, 2.75) is 32.6 Å². The average Bonchev–Trinajstić information content (AvgIpc) is 2.88. The maximum Gasteiger partial charge on any atom is 0.374 e. The number of carbonyl (C=O) groups excluding carboxylic acids is 1. The van der Waals surface area contributed by atoms with Crippen molar-refractivity contribution in [2.75, 3.05) is 7.11 Å². The van der Waals surface area contributed by atoms with Crippen LogP contribution in [0.4, 0.5) is 0 Å². The summed E-state index contributed by atoms with van der Waals surface area (Å²) in [7, 11) is 1.36. The van der Waals surface area contributed by atoms with Gasteiger partial charge in [-0.15, -0.1) is 0 Å². The lowest BCUT2D eigenvalue weighted by molar-refractivity contribution is 0.0561. The van der Waals surface area contributed by atoms with Crippen molar-refractivity contribution in [3.63, 3.8) is 0 Å². The quantitative estimate of drug-likeness (QED) is 0.637. The van der Waals surface area contributed by atoms with Gasteiger partial charge in [-0.2, -0.15) is 0 Å². The van der Waals surface area contributed by atoms with E-state index in [0.717, 1.165) is 39.3 Å². The molecule has 0 saturated carbocycles. The second-order valence-electron chi connectivity index (χ2n) is 6.82. The van der Waals surface area contributed by atoms with E-state index in [9.17, 15) is 4.79 Å². The van der Waals surface area contributed by atoms with Crippen molar-refractivity contribution < 1.29 is 13.9 Å². The number of esters is 1. The molecule has 0 spiro atoms. The van der Waals surface area contributed by atoms with Crippen LogP contribution in [0.25, 0.3) is 22.3 Å². The number of methoxy groups -OCH3 is 1. The molecule has 0 atom stereocenters. The zero-order valence-corrected chi connectivity index (χ0v) is 14.1. The standard InChI is InChI=1S/C19H18N2O3/c1-10-14-13(24-16(10)18(22)23-4)9-19(2,3)17-15(14)20-11-7-5-6-8-12(11)21-17/h5-8H,9H2,1-4H3. The molecule has 1 aliphatic rings. The van der Waals surface area contributed by atoms with Gasteiger partial charge in [-0.3, -0.25) is 0 Å². The highest BCUT2D eigenvalue weighted by atomic mass is 16.5. The predicted octanol–water partition coefficient (Wildman–Crippen LogP) is 3.82. The number of nitrogens with zero attached hydrogens (tertiary/aromatic N) is 2. The summed E-state index contributed by atoms with van der Waals surface area (Å²) in [4.78, 5) is 21.7. The molecule has 0 radical (unpaired) electrons. The van der Waals surface area contributed by atoms with Crippen LogP contribution in [-0.4, -0.2) is 23.0 Å². The molecule has 0 unspecified atom stereocenters. The molecular formula is C19H18N2O3. The Kier molecular flexibility index (Phi) is 3.04. The fourth-order valence-electron chi connectivity index (χ4n) is 3.43. The van der Waals surface area contributed by atoms with Crippen LogP contribution in [-0.2, 0) is 16.6 Å². The Labute approximate surface area is 139 Å². The Morgan fingerprint density at radius 1 is 1.21 bits per heavy atom. The number of benzene rings is 1. The monoisotopic (exact) mass is 322 g/mol. The summed E-state index contributed by atoms with van der Waals surface area (Å²) >= 11 is 0. The van der Waals surface area contributed by atoms with Crippen LogP contribution in [0.2, 0.25) is 0 Å². The summed E-state index contributed by atoms with van der Waals surface area (Å²) in [5.74, 6) is 0.561. The van der Waals surface area contributed by atoms with Crippen molar-refractivity contribution >= 4 is 17.0 Å². The van der Waals surface area contributed by atoms with E-state index < -0.39 is 5.97 Å². The second-order valence-corrected chi connectivity index (χ2v) is 6.82. The van der Waals surface area contributed by atoms with Gasteiger partial charge >= 0.3 is 5.97 Å². The van der Waals surface area contributed by atoms with E-state index in [1.807, 2.05) is 31.2 Å². The maximum absolute atomic E-state index is 12.0. The number of furan rings is 1. The fourth-order valence-corrected chi connectivity index (χ4v) is 3.43. The third kappa shape index (κ3) is 1.97. The maximum atomic E-state index is 12.0. The van der Waals surface area contributed by atoms with Crippen LogP contribution in [0.3, 0.4) is 0 Å². The Morgan fingerprint density at radius 2 is 1.88 bits per heavy atom. The molecule has 0 saturated heterocycles. The molecule has 2 aromatic heterocycles. The van der Waals surface area contributed by atoms with Crippen LogP contribution >= 0.6 is 0 Å². The van der Waals surface area contributed by atoms with E-state index in [4.69, 9.17) is 19.1 Å². The minimum absolute atomic E-state index is 0.225. The van der Waals surface area contributed by atoms with Gasteiger partial charge in [0.15, 0.2) is 0 Å². The number of para-hydroxylation sites is 2. The number of ether oxygens (including phenoxy) is 1. The summed E-state index contributed by atoms with van der Waals surface area (Å²) in [6.45, 7) is 6.11. The molecule has 4 rings (SSSR count). The highest BCUT2D eigenvalue weighted by molar-refractivity contribution is 5.92. The Hall–Kier alpha value is -2.69. The lowest BCUT2D eigenvalue weighted by Gasteiger charge is -2.30. The summed E-state index contributed by atoms with van der Waals surface area (Å²) in [6.07, 6.45) is 0.667. The highest BCUT2D eigenvalue weighted by Gasteiger charge is 2.39. The molecule has 122 valence electrons. The number of aromatic nitrogens is 2. The molecule has 3 aromatic rings. The first-order chi connectivity index (χ1) is 11.4. The third-order valence-corrected chi connectivity index (χ3v) is 4.64. The Balaban J connectivity index is 2.05. The van der Waals surface area contributed by atoms with Crippen molar-refractivity contribution in [2.24, 2.45) is 0 Å². The van der Waals surface area contributed by atoms with Gasteiger partial charge in [-0.05, 0) is 19.1 Å². The molecule has 1 aromatic carbocycles. The van der Waals surface area contributed by atoms with Crippen LogP contribution < -0.4 is 0 Å². The van der Waals surface area contributed by atoms with Crippen molar-refractivity contribution in [3.8, 4) is 11.3 Å². The molecule has 5 heteroatoms. The predicted molar refractivity (Wildman–Crippen MR) is 90.0 cm³/mol. The van der Waals surface area contributed by atoms with E-state index >= 15 is 0 Å². The van der Waals surface area contributed by atoms with E-state index in [-0.39, 0.29) is 11.2 Å². The molecule has 0 N–H and O–H groups in total. The fraction of sp³-hybridized carbons (Fsp3) is 0.316. The van der Waals surface area contributed by atoms with Gasteiger partial charge in [0.2, 0.25) is 5.76 Å². The SMILES string of the molecule is COC(=O)c1oc2c(c1C)-c1nc3ccccc3nc1C(C)(C)C2. The first-order valence-electron chi connectivity index (χ1n) is 7.90. The van der Waals surface area contributed by atoms with E-state index in [1.54, 1.807) is 0 Å². The largest absolute Gasteiger partial charge is 0.463 e. The van der Waals surface area contributed by atoms with Crippen LogP contribution in [0, 0.1) is 6.92 Å². The van der Waals surface area contributed by atoms with Gasteiger partial charge in [0.1, 0.15) is 5.76 Å². The number of hydrogen-bond donors (Lipinski definition) is 0. The van der Waals surface area contributed by atoms with Gasteiger partial charge in [0.05, 0.1) is 29.5 Å². The number of hydrogen-bond acceptors (Lipinski definition) is 5. The molecular weight excluding hydrogens is 304 g/mol. The first-order valence-corrected chi connectivity index (χ1v) is 7.90. The molecule has 0 fully saturated rings.